The molecular formula is C24H29N5O4S. The highest BCUT2D eigenvalue weighted by Gasteiger charge is 2.22. The first kappa shape index (κ1) is 23.7. The summed E-state index contributed by atoms with van der Waals surface area (Å²) in [5.41, 5.74) is 1.78. The minimum absolute atomic E-state index is 0.121. The summed E-state index contributed by atoms with van der Waals surface area (Å²) < 4.78 is 18.2. The molecule has 1 amide bonds. The summed E-state index contributed by atoms with van der Waals surface area (Å²) in [5.74, 6) is 9.15. The molecule has 3 aromatic rings. The SMILES string of the molecule is CCOc1ccc(-c2nnc(SCC(=O)NC(c3ccc4c(c3)OCCO4)C(C)C)n2N)cc1. The zero-order valence-corrected chi connectivity index (χ0v) is 20.3. The number of aromatic nitrogens is 3. The molecule has 2 aromatic carbocycles. The number of nitrogens with zero attached hydrogens (tertiary/aromatic N) is 3. The minimum Gasteiger partial charge on any atom is -0.494 e. The van der Waals surface area contributed by atoms with Crippen LogP contribution in [0.3, 0.4) is 0 Å². The van der Waals surface area contributed by atoms with Crippen molar-refractivity contribution in [1.29, 1.82) is 0 Å². The van der Waals surface area contributed by atoms with Crippen molar-refractivity contribution in [2.75, 3.05) is 31.4 Å². The Bertz CT molecular complexity index is 1130. The van der Waals surface area contributed by atoms with Crippen molar-refractivity contribution < 1.29 is 19.0 Å². The van der Waals surface area contributed by atoms with Gasteiger partial charge in [-0.15, -0.1) is 10.2 Å². The molecule has 0 saturated carbocycles. The van der Waals surface area contributed by atoms with Crippen LogP contribution in [0, 0.1) is 5.92 Å². The van der Waals surface area contributed by atoms with Gasteiger partial charge in [-0.2, -0.15) is 0 Å². The molecule has 1 unspecified atom stereocenters. The lowest BCUT2D eigenvalue weighted by molar-refractivity contribution is -0.119. The van der Waals surface area contributed by atoms with E-state index in [2.05, 4.69) is 29.4 Å². The Morgan fingerprint density at radius 2 is 1.88 bits per heavy atom. The van der Waals surface area contributed by atoms with Crippen LogP contribution in [0.2, 0.25) is 0 Å². The van der Waals surface area contributed by atoms with Crippen LogP contribution in [-0.2, 0) is 4.79 Å². The van der Waals surface area contributed by atoms with E-state index in [-0.39, 0.29) is 23.6 Å². The molecule has 9 nitrogen and oxygen atoms in total. The van der Waals surface area contributed by atoms with Gasteiger partial charge in [0.2, 0.25) is 11.1 Å². The smallest absolute Gasteiger partial charge is 0.230 e. The highest BCUT2D eigenvalue weighted by molar-refractivity contribution is 7.99. The maximum Gasteiger partial charge on any atom is 0.230 e. The highest BCUT2D eigenvalue weighted by atomic mass is 32.2. The minimum atomic E-state index is -0.168. The van der Waals surface area contributed by atoms with Gasteiger partial charge in [-0.3, -0.25) is 4.79 Å². The van der Waals surface area contributed by atoms with E-state index in [0.29, 0.717) is 36.6 Å². The van der Waals surface area contributed by atoms with Gasteiger partial charge < -0.3 is 25.4 Å². The van der Waals surface area contributed by atoms with Crippen LogP contribution < -0.4 is 25.4 Å². The number of hydrogen-bond acceptors (Lipinski definition) is 8. The predicted molar refractivity (Wildman–Crippen MR) is 131 cm³/mol. The molecule has 1 aliphatic heterocycles. The lowest BCUT2D eigenvalue weighted by Gasteiger charge is -2.25. The first-order chi connectivity index (χ1) is 16.5. The molecule has 0 saturated heterocycles. The molecule has 2 heterocycles. The van der Waals surface area contributed by atoms with Gasteiger partial charge in [0, 0.05) is 5.56 Å². The summed E-state index contributed by atoms with van der Waals surface area (Å²) in [5, 5.41) is 11.9. The van der Waals surface area contributed by atoms with Crippen molar-refractivity contribution in [3.63, 3.8) is 0 Å². The fourth-order valence-electron chi connectivity index (χ4n) is 3.67. The summed E-state index contributed by atoms with van der Waals surface area (Å²) in [6, 6.07) is 13.1. The molecule has 0 aliphatic carbocycles. The second kappa shape index (κ2) is 10.7. The zero-order valence-electron chi connectivity index (χ0n) is 19.5. The number of amides is 1. The predicted octanol–water partition coefficient (Wildman–Crippen LogP) is 3.43. The molecule has 3 N–H and O–H groups in total. The molecule has 180 valence electrons. The van der Waals surface area contributed by atoms with Gasteiger partial charge in [-0.25, -0.2) is 4.68 Å². The highest BCUT2D eigenvalue weighted by Crippen LogP contribution is 2.34. The lowest BCUT2D eigenvalue weighted by atomic mass is 9.95. The van der Waals surface area contributed by atoms with Crippen molar-refractivity contribution in [1.82, 2.24) is 20.2 Å². The Morgan fingerprint density at radius 1 is 1.15 bits per heavy atom. The monoisotopic (exact) mass is 483 g/mol. The summed E-state index contributed by atoms with van der Waals surface area (Å²) in [4.78, 5) is 12.8. The normalized spacial score (nSPS) is 13.5. The molecule has 10 heteroatoms. The van der Waals surface area contributed by atoms with E-state index in [0.717, 1.165) is 22.6 Å². The molecular weight excluding hydrogens is 454 g/mol. The molecule has 1 aliphatic rings. The van der Waals surface area contributed by atoms with Crippen LogP contribution in [0.4, 0.5) is 0 Å². The van der Waals surface area contributed by atoms with Gasteiger partial charge in [0.15, 0.2) is 17.3 Å². The van der Waals surface area contributed by atoms with E-state index in [4.69, 9.17) is 20.1 Å². The van der Waals surface area contributed by atoms with E-state index < -0.39 is 0 Å². The number of hydrogen-bond donors (Lipinski definition) is 2. The van der Waals surface area contributed by atoms with Crippen LogP contribution in [-0.4, -0.2) is 46.4 Å². The van der Waals surface area contributed by atoms with Crippen LogP contribution in [0.1, 0.15) is 32.4 Å². The number of nitrogen functional groups attached to an aromatic ring is 1. The summed E-state index contributed by atoms with van der Waals surface area (Å²) in [6.07, 6.45) is 0. The van der Waals surface area contributed by atoms with Crippen molar-refractivity contribution in [2.24, 2.45) is 5.92 Å². The number of carbonyl (C=O) groups is 1. The third-order valence-electron chi connectivity index (χ3n) is 5.33. The van der Waals surface area contributed by atoms with E-state index >= 15 is 0 Å². The fraction of sp³-hybridized carbons (Fsp3) is 0.375. The molecule has 34 heavy (non-hydrogen) atoms. The Balaban J connectivity index is 1.39. The van der Waals surface area contributed by atoms with Gasteiger partial charge in [0.25, 0.3) is 0 Å². The first-order valence-corrected chi connectivity index (χ1v) is 12.2. The van der Waals surface area contributed by atoms with Gasteiger partial charge in [-0.05, 0) is 54.8 Å². The quantitative estimate of drug-likeness (QED) is 0.352. The molecule has 1 aromatic heterocycles. The number of carbonyl (C=O) groups excluding carboxylic acids is 1. The van der Waals surface area contributed by atoms with Crippen LogP contribution in [0.5, 0.6) is 17.2 Å². The average Bonchev–Trinajstić information content (AvgIpc) is 3.21. The summed E-state index contributed by atoms with van der Waals surface area (Å²) in [7, 11) is 0. The summed E-state index contributed by atoms with van der Waals surface area (Å²) in [6.45, 7) is 7.72. The number of rotatable bonds is 9. The van der Waals surface area contributed by atoms with E-state index in [9.17, 15) is 4.79 Å². The number of benzene rings is 2. The van der Waals surface area contributed by atoms with Crippen LogP contribution >= 0.6 is 11.8 Å². The van der Waals surface area contributed by atoms with Crippen molar-refractivity contribution in [2.45, 2.75) is 32.0 Å². The molecule has 0 fully saturated rings. The Morgan fingerprint density at radius 3 is 2.59 bits per heavy atom. The lowest BCUT2D eigenvalue weighted by Crippen LogP contribution is -2.33. The van der Waals surface area contributed by atoms with Crippen molar-refractivity contribution >= 4 is 17.7 Å². The standard InChI is InChI=1S/C24H29N5O4S/c1-4-31-18-8-5-16(6-9-18)23-27-28-24(29(23)25)34-14-21(30)26-22(15(2)3)17-7-10-19-20(13-17)33-12-11-32-19/h5-10,13,15,22H,4,11-12,14,25H2,1-3H3,(H,26,30). The van der Waals surface area contributed by atoms with Gasteiger partial charge in [0.05, 0.1) is 18.4 Å². The molecule has 1 atom stereocenters. The second-order valence-corrected chi connectivity index (χ2v) is 9.06. The van der Waals surface area contributed by atoms with Crippen molar-refractivity contribution in [3.05, 3.63) is 48.0 Å². The van der Waals surface area contributed by atoms with Crippen LogP contribution in [0.25, 0.3) is 11.4 Å². The number of ether oxygens (including phenoxy) is 3. The maximum atomic E-state index is 12.8. The van der Waals surface area contributed by atoms with Gasteiger partial charge in [0.1, 0.15) is 19.0 Å². The number of thioether (sulfide) groups is 1. The second-order valence-electron chi connectivity index (χ2n) is 8.11. The Kier molecular flexibility index (Phi) is 7.46. The topological polar surface area (TPSA) is 114 Å². The van der Waals surface area contributed by atoms with E-state index in [1.54, 1.807) is 0 Å². The maximum absolute atomic E-state index is 12.8. The Labute approximate surface area is 203 Å². The molecule has 0 bridgehead atoms. The summed E-state index contributed by atoms with van der Waals surface area (Å²) >= 11 is 1.24. The van der Waals surface area contributed by atoms with E-state index in [1.807, 2.05) is 49.4 Å². The largest absolute Gasteiger partial charge is 0.494 e. The fourth-order valence-corrected chi connectivity index (χ4v) is 4.34. The first-order valence-electron chi connectivity index (χ1n) is 11.2. The van der Waals surface area contributed by atoms with Crippen LogP contribution in [0.15, 0.2) is 47.6 Å². The number of fused-ring (bicyclic) bond motifs is 1. The van der Waals surface area contributed by atoms with Gasteiger partial charge >= 0.3 is 0 Å². The number of nitrogens with two attached hydrogens (primary N) is 1. The third-order valence-corrected chi connectivity index (χ3v) is 6.27. The Hall–Kier alpha value is -3.40. The molecule has 0 spiro atoms. The van der Waals surface area contributed by atoms with Crippen molar-refractivity contribution in [3.8, 4) is 28.6 Å². The molecule has 0 radical (unpaired) electrons. The number of nitrogens with one attached hydrogen (secondary N) is 1. The third kappa shape index (κ3) is 5.39. The zero-order chi connectivity index (χ0) is 24.1. The molecule has 4 rings (SSSR count). The van der Waals surface area contributed by atoms with Gasteiger partial charge in [-0.1, -0.05) is 31.7 Å². The average molecular weight is 484 g/mol. The van der Waals surface area contributed by atoms with E-state index in [1.165, 1.54) is 16.4 Å².